The Morgan fingerprint density at radius 1 is 1.31 bits per heavy atom. The molecule has 0 spiro atoms. The highest BCUT2D eigenvalue weighted by atomic mass is 16.5. The number of carbonyl (C=O) groups excluding carboxylic acids is 1. The van der Waals surface area contributed by atoms with Crippen LogP contribution in [-0.2, 0) is 4.74 Å². The highest BCUT2D eigenvalue weighted by Crippen LogP contribution is 2.28. The molecule has 0 unspecified atom stereocenters. The average molecular weight is 225 g/mol. The Labute approximate surface area is 94.1 Å². The molecule has 1 aromatic rings. The van der Waals surface area contributed by atoms with Crippen LogP contribution in [0.1, 0.15) is 10.4 Å². The zero-order chi connectivity index (χ0) is 12.0. The third-order valence-corrected chi connectivity index (χ3v) is 1.96. The summed E-state index contributed by atoms with van der Waals surface area (Å²) >= 11 is 0. The van der Waals surface area contributed by atoms with Crippen LogP contribution in [0.3, 0.4) is 0 Å². The zero-order valence-electron chi connectivity index (χ0n) is 9.36. The van der Waals surface area contributed by atoms with Crippen molar-refractivity contribution >= 4 is 5.97 Å². The summed E-state index contributed by atoms with van der Waals surface area (Å²) < 4.78 is 15.0. The first-order valence-corrected chi connectivity index (χ1v) is 4.82. The van der Waals surface area contributed by atoms with Gasteiger partial charge in [0.25, 0.3) is 0 Å². The van der Waals surface area contributed by atoms with Gasteiger partial charge in [-0.15, -0.1) is 0 Å². The van der Waals surface area contributed by atoms with E-state index in [4.69, 9.17) is 15.2 Å². The highest BCUT2D eigenvalue weighted by Gasteiger charge is 2.10. The van der Waals surface area contributed by atoms with E-state index in [9.17, 15) is 4.79 Å². The molecule has 1 aromatic carbocycles. The van der Waals surface area contributed by atoms with E-state index in [2.05, 4.69) is 4.74 Å². The molecular weight excluding hydrogens is 210 g/mol. The second-order valence-corrected chi connectivity index (χ2v) is 2.99. The van der Waals surface area contributed by atoms with Crippen molar-refractivity contribution in [1.29, 1.82) is 0 Å². The number of hydrogen-bond acceptors (Lipinski definition) is 5. The van der Waals surface area contributed by atoms with Gasteiger partial charge in [0.1, 0.15) is 6.61 Å². The van der Waals surface area contributed by atoms with Gasteiger partial charge in [-0.05, 0) is 18.2 Å². The number of ether oxygens (including phenoxy) is 3. The average Bonchev–Trinajstić information content (AvgIpc) is 2.35. The first-order chi connectivity index (χ1) is 7.72. The van der Waals surface area contributed by atoms with Crippen molar-refractivity contribution in [2.75, 3.05) is 27.4 Å². The van der Waals surface area contributed by atoms with Crippen molar-refractivity contribution in [3.05, 3.63) is 23.8 Å². The van der Waals surface area contributed by atoms with Crippen molar-refractivity contribution in [3.63, 3.8) is 0 Å². The van der Waals surface area contributed by atoms with Gasteiger partial charge in [-0.1, -0.05) is 0 Å². The summed E-state index contributed by atoms with van der Waals surface area (Å²) in [6, 6.07) is 4.83. The molecule has 0 aliphatic carbocycles. The number of benzene rings is 1. The minimum Gasteiger partial charge on any atom is -0.493 e. The third kappa shape index (κ3) is 2.87. The monoisotopic (exact) mass is 225 g/mol. The minimum atomic E-state index is -0.413. The van der Waals surface area contributed by atoms with E-state index in [1.54, 1.807) is 18.2 Å². The van der Waals surface area contributed by atoms with E-state index >= 15 is 0 Å². The van der Waals surface area contributed by atoms with Gasteiger partial charge in [0.15, 0.2) is 11.5 Å². The smallest absolute Gasteiger partial charge is 0.337 e. The van der Waals surface area contributed by atoms with Gasteiger partial charge in [0.2, 0.25) is 0 Å². The summed E-state index contributed by atoms with van der Waals surface area (Å²) in [4.78, 5) is 11.3. The molecule has 0 saturated carbocycles. The topological polar surface area (TPSA) is 70.8 Å². The van der Waals surface area contributed by atoms with Gasteiger partial charge in [-0.3, -0.25) is 0 Å². The molecule has 5 nitrogen and oxygen atoms in total. The van der Waals surface area contributed by atoms with Crippen molar-refractivity contribution in [1.82, 2.24) is 0 Å². The van der Waals surface area contributed by atoms with Gasteiger partial charge >= 0.3 is 5.97 Å². The number of esters is 1. The predicted molar refractivity (Wildman–Crippen MR) is 58.9 cm³/mol. The Balaban J connectivity index is 2.92. The van der Waals surface area contributed by atoms with E-state index in [1.807, 2.05) is 0 Å². The summed E-state index contributed by atoms with van der Waals surface area (Å²) in [6.45, 7) is 0.815. The molecule has 0 saturated heterocycles. The van der Waals surface area contributed by atoms with E-state index < -0.39 is 5.97 Å². The fourth-order valence-electron chi connectivity index (χ4n) is 1.20. The number of hydrogen-bond donors (Lipinski definition) is 1. The van der Waals surface area contributed by atoms with E-state index in [0.29, 0.717) is 30.2 Å². The lowest BCUT2D eigenvalue weighted by molar-refractivity contribution is 0.0600. The second kappa shape index (κ2) is 5.97. The van der Waals surface area contributed by atoms with Gasteiger partial charge in [-0.25, -0.2) is 4.79 Å². The molecule has 0 fully saturated rings. The highest BCUT2D eigenvalue weighted by molar-refractivity contribution is 5.90. The van der Waals surface area contributed by atoms with Crippen LogP contribution in [0.4, 0.5) is 0 Å². The molecule has 2 N–H and O–H groups in total. The third-order valence-electron chi connectivity index (χ3n) is 1.96. The fourth-order valence-corrected chi connectivity index (χ4v) is 1.20. The van der Waals surface area contributed by atoms with Gasteiger partial charge in [0, 0.05) is 6.54 Å². The van der Waals surface area contributed by atoms with Crippen LogP contribution >= 0.6 is 0 Å². The summed E-state index contributed by atoms with van der Waals surface area (Å²) in [5, 5.41) is 0. The number of nitrogens with two attached hydrogens (primary N) is 1. The molecule has 0 aliphatic rings. The Bertz CT molecular complexity index is 365. The quantitative estimate of drug-likeness (QED) is 0.751. The lowest BCUT2D eigenvalue weighted by Gasteiger charge is -2.10. The van der Waals surface area contributed by atoms with Crippen LogP contribution in [-0.4, -0.2) is 33.3 Å². The number of methoxy groups -OCH3 is 2. The normalized spacial score (nSPS) is 9.69. The summed E-state index contributed by atoms with van der Waals surface area (Å²) in [6.07, 6.45) is 0. The predicted octanol–water partition coefficient (Wildman–Crippen LogP) is 0.819. The first kappa shape index (κ1) is 12.3. The lowest BCUT2D eigenvalue weighted by Crippen LogP contribution is -2.11. The summed E-state index contributed by atoms with van der Waals surface area (Å²) in [5.41, 5.74) is 5.74. The van der Waals surface area contributed by atoms with Gasteiger partial charge in [0.05, 0.1) is 19.8 Å². The molecule has 0 bridgehead atoms. The maximum atomic E-state index is 11.3. The van der Waals surface area contributed by atoms with Gasteiger partial charge < -0.3 is 19.9 Å². The molecule has 0 atom stereocenters. The van der Waals surface area contributed by atoms with Crippen LogP contribution in [0.2, 0.25) is 0 Å². The molecule has 5 heteroatoms. The molecule has 0 aliphatic heterocycles. The maximum absolute atomic E-state index is 11.3. The number of carbonyl (C=O) groups is 1. The Hall–Kier alpha value is -1.75. The lowest BCUT2D eigenvalue weighted by atomic mass is 10.2. The Morgan fingerprint density at radius 3 is 2.62 bits per heavy atom. The summed E-state index contributed by atoms with van der Waals surface area (Å²) in [7, 11) is 2.83. The van der Waals surface area contributed by atoms with Gasteiger partial charge in [-0.2, -0.15) is 0 Å². The molecule has 0 radical (unpaired) electrons. The van der Waals surface area contributed by atoms with Crippen molar-refractivity contribution < 1.29 is 19.0 Å². The van der Waals surface area contributed by atoms with E-state index in [1.165, 1.54) is 14.2 Å². The molecule has 16 heavy (non-hydrogen) atoms. The molecular formula is C11H15NO4. The van der Waals surface area contributed by atoms with Crippen molar-refractivity contribution in [2.24, 2.45) is 5.73 Å². The molecule has 88 valence electrons. The number of rotatable bonds is 5. The van der Waals surface area contributed by atoms with Crippen molar-refractivity contribution in [3.8, 4) is 11.5 Å². The van der Waals surface area contributed by atoms with Crippen LogP contribution in [0.25, 0.3) is 0 Å². The Morgan fingerprint density at radius 2 is 2.06 bits per heavy atom. The van der Waals surface area contributed by atoms with Crippen LogP contribution in [0.5, 0.6) is 11.5 Å². The minimum absolute atomic E-state index is 0.397. The molecule has 0 heterocycles. The van der Waals surface area contributed by atoms with Crippen LogP contribution in [0, 0.1) is 0 Å². The van der Waals surface area contributed by atoms with E-state index in [0.717, 1.165) is 0 Å². The fraction of sp³-hybridized carbons (Fsp3) is 0.364. The first-order valence-electron chi connectivity index (χ1n) is 4.82. The molecule has 1 rings (SSSR count). The largest absolute Gasteiger partial charge is 0.493 e. The maximum Gasteiger partial charge on any atom is 0.337 e. The van der Waals surface area contributed by atoms with Crippen molar-refractivity contribution in [2.45, 2.75) is 0 Å². The molecule has 0 aromatic heterocycles. The standard InChI is InChI=1S/C11H15NO4/c1-14-10-7-8(11(13)15-2)3-4-9(10)16-6-5-12/h3-4,7H,5-6,12H2,1-2H3. The van der Waals surface area contributed by atoms with Crippen LogP contribution in [0.15, 0.2) is 18.2 Å². The second-order valence-electron chi connectivity index (χ2n) is 2.99. The Kier molecular flexibility index (Phi) is 4.60. The SMILES string of the molecule is COC(=O)c1ccc(OCCN)c(OC)c1. The summed E-state index contributed by atoms with van der Waals surface area (Å²) in [5.74, 6) is 0.626. The molecule has 0 amide bonds. The van der Waals surface area contributed by atoms with Crippen LogP contribution < -0.4 is 15.2 Å². The van der Waals surface area contributed by atoms with E-state index in [-0.39, 0.29) is 0 Å². The zero-order valence-corrected chi connectivity index (χ0v) is 9.36.